The van der Waals surface area contributed by atoms with Gasteiger partial charge in [-0.1, -0.05) is 0 Å². The normalized spacial score (nSPS) is 9.91. The highest BCUT2D eigenvalue weighted by atomic mass is 16.5. The summed E-state index contributed by atoms with van der Waals surface area (Å²) in [5.41, 5.74) is 0.387. The van der Waals surface area contributed by atoms with Gasteiger partial charge in [-0.3, -0.25) is 14.4 Å². The van der Waals surface area contributed by atoms with Gasteiger partial charge >= 0.3 is 0 Å². The molecule has 2 aromatic rings. The monoisotopic (exact) mass is 302 g/mol. The lowest BCUT2D eigenvalue weighted by atomic mass is 10.2. The summed E-state index contributed by atoms with van der Waals surface area (Å²) in [7, 11) is 1.45. The summed E-state index contributed by atoms with van der Waals surface area (Å²) in [6.07, 6.45) is 1.14. The van der Waals surface area contributed by atoms with E-state index in [0.717, 1.165) is 12.4 Å². The number of anilines is 2. The minimum absolute atomic E-state index is 0.0317. The quantitative estimate of drug-likeness (QED) is 0.779. The van der Waals surface area contributed by atoms with Crippen molar-refractivity contribution >= 4 is 23.2 Å². The smallest absolute Gasteiger partial charge is 0.274 e. The van der Waals surface area contributed by atoms with Crippen molar-refractivity contribution in [2.75, 3.05) is 17.7 Å². The number of aromatic nitrogens is 2. The maximum atomic E-state index is 12.1. The standard InChI is InChI=1S/C14H14N4O4/c1-8(19)17-9-3-4-12(22-2)10(5-9)18-14(21)11-6-13(20)16-7-15-11/h3-7H,1-2H3,(H,17,19)(H,18,21)(H,15,16,20). The van der Waals surface area contributed by atoms with Crippen LogP contribution in [0.1, 0.15) is 17.4 Å². The van der Waals surface area contributed by atoms with Gasteiger partial charge in [-0.25, -0.2) is 4.98 Å². The molecule has 0 bridgehead atoms. The van der Waals surface area contributed by atoms with E-state index in [1.54, 1.807) is 18.2 Å². The molecule has 0 spiro atoms. The molecule has 114 valence electrons. The Balaban J connectivity index is 2.28. The molecule has 2 amide bonds. The first kappa shape index (κ1) is 15.2. The van der Waals surface area contributed by atoms with Crippen LogP contribution in [0, 0.1) is 0 Å². The second kappa shape index (κ2) is 6.53. The van der Waals surface area contributed by atoms with Crippen LogP contribution in [0.5, 0.6) is 5.75 Å². The van der Waals surface area contributed by atoms with E-state index >= 15 is 0 Å². The molecule has 0 aliphatic rings. The summed E-state index contributed by atoms with van der Waals surface area (Å²) in [5, 5.41) is 5.19. The molecular weight excluding hydrogens is 288 g/mol. The van der Waals surface area contributed by atoms with E-state index in [-0.39, 0.29) is 11.6 Å². The molecule has 0 radical (unpaired) electrons. The van der Waals surface area contributed by atoms with Crippen LogP contribution in [0.3, 0.4) is 0 Å². The molecule has 3 N–H and O–H groups in total. The Bertz CT molecular complexity index is 769. The van der Waals surface area contributed by atoms with Crippen LogP contribution in [-0.4, -0.2) is 28.9 Å². The molecule has 1 heterocycles. The second-order valence-corrected chi connectivity index (χ2v) is 4.35. The number of nitrogens with one attached hydrogen (secondary N) is 3. The molecule has 0 fully saturated rings. The molecular formula is C14H14N4O4. The number of hydrogen-bond donors (Lipinski definition) is 3. The van der Waals surface area contributed by atoms with Crippen molar-refractivity contribution < 1.29 is 14.3 Å². The number of H-pyrrole nitrogens is 1. The van der Waals surface area contributed by atoms with Crippen molar-refractivity contribution in [2.24, 2.45) is 0 Å². The van der Waals surface area contributed by atoms with E-state index in [2.05, 4.69) is 20.6 Å². The Kier molecular flexibility index (Phi) is 4.52. The van der Waals surface area contributed by atoms with Crippen LogP contribution in [-0.2, 0) is 4.79 Å². The molecule has 22 heavy (non-hydrogen) atoms. The number of ether oxygens (including phenoxy) is 1. The second-order valence-electron chi connectivity index (χ2n) is 4.35. The number of nitrogens with zero attached hydrogens (tertiary/aromatic N) is 1. The van der Waals surface area contributed by atoms with E-state index < -0.39 is 11.5 Å². The Morgan fingerprint density at radius 1 is 1.23 bits per heavy atom. The van der Waals surface area contributed by atoms with Crippen molar-refractivity contribution in [1.29, 1.82) is 0 Å². The lowest BCUT2D eigenvalue weighted by molar-refractivity contribution is -0.114. The van der Waals surface area contributed by atoms with Crippen molar-refractivity contribution in [2.45, 2.75) is 6.92 Å². The number of hydrogen-bond acceptors (Lipinski definition) is 5. The average Bonchev–Trinajstić information content (AvgIpc) is 2.47. The van der Waals surface area contributed by atoms with Crippen LogP contribution in [0.4, 0.5) is 11.4 Å². The molecule has 0 aliphatic carbocycles. The molecule has 0 saturated carbocycles. The summed E-state index contributed by atoms with van der Waals surface area (Å²) < 4.78 is 5.15. The number of aromatic amines is 1. The van der Waals surface area contributed by atoms with Gasteiger partial charge < -0.3 is 20.4 Å². The lowest BCUT2D eigenvalue weighted by Gasteiger charge is -2.12. The first-order valence-corrected chi connectivity index (χ1v) is 6.31. The Morgan fingerprint density at radius 2 is 2.00 bits per heavy atom. The van der Waals surface area contributed by atoms with Crippen LogP contribution >= 0.6 is 0 Å². The summed E-state index contributed by atoms with van der Waals surface area (Å²) in [6, 6.07) is 5.87. The van der Waals surface area contributed by atoms with Crippen molar-refractivity contribution in [3.05, 3.63) is 46.6 Å². The van der Waals surface area contributed by atoms with Gasteiger partial charge in [0.15, 0.2) is 0 Å². The minimum atomic E-state index is -0.565. The maximum absolute atomic E-state index is 12.1. The predicted molar refractivity (Wildman–Crippen MR) is 80.1 cm³/mol. The minimum Gasteiger partial charge on any atom is -0.495 e. The number of benzene rings is 1. The topological polar surface area (TPSA) is 113 Å². The van der Waals surface area contributed by atoms with Gasteiger partial charge in [0.05, 0.1) is 19.1 Å². The summed E-state index contributed by atoms with van der Waals surface area (Å²) in [4.78, 5) is 40.5. The van der Waals surface area contributed by atoms with Gasteiger partial charge in [0, 0.05) is 18.7 Å². The van der Waals surface area contributed by atoms with Crippen molar-refractivity contribution in [1.82, 2.24) is 9.97 Å². The third-order valence-corrected chi connectivity index (χ3v) is 2.68. The zero-order chi connectivity index (χ0) is 16.1. The molecule has 8 nitrogen and oxygen atoms in total. The van der Waals surface area contributed by atoms with Gasteiger partial charge in [-0.15, -0.1) is 0 Å². The number of methoxy groups -OCH3 is 1. The van der Waals surface area contributed by atoms with Gasteiger partial charge in [0.25, 0.3) is 11.5 Å². The zero-order valence-electron chi connectivity index (χ0n) is 12.0. The van der Waals surface area contributed by atoms with Crippen molar-refractivity contribution in [3.63, 3.8) is 0 Å². The predicted octanol–water partition coefficient (Wildman–Crippen LogP) is 0.989. The highest BCUT2D eigenvalue weighted by molar-refractivity contribution is 6.04. The van der Waals surface area contributed by atoms with Crippen molar-refractivity contribution in [3.8, 4) is 5.75 Å². The number of amides is 2. The Labute approximate surface area is 125 Å². The summed E-state index contributed by atoms with van der Waals surface area (Å²) in [5.74, 6) is -0.393. The van der Waals surface area contributed by atoms with E-state index in [1.807, 2.05) is 0 Å². The fourth-order valence-corrected chi connectivity index (χ4v) is 1.77. The van der Waals surface area contributed by atoms with Gasteiger partial charge in [0.2, 0.25) is 5.91 Å². The lowest BCUT2D eigenvalue weighted by Crippen LogP contribution is -2.18. The molecule has 0 saturated heterocycles. The van der Waals surface area contributed by atoms with Gasteiger partial charge in [-0.2, -0.15) is 0 Å². The largest absolute Gasteiger partial charge is 0.495 e. The molecule has 2 rings (SSSR count). The summed E-state index contributed by atoms with van der Waals surface area (Å²) in [6.45, 7) is 1.38. The van der Waals surface area contributed by atoms with E-state index in [1.165, 1.54) is 14.0 Å². The van der Waals surface area contributed by atoms with Crippen LogP contribution in [0.25, 0.3) is 0 Å². The maximum Gasteiger partial charge on any atom is 0.274 e. The van der Waals surface area contributed by atoms with E-state index in [4.69, 9.17) is 4.74 Å². The molecule has 0 unspecified atom stereocenters. The van der Waals surface area contributed by atoms with Gasteiger partial charge in [-0.05, 0) is 18.2 Å². The third-order valence-electron chi connectivity index (χ3n) is 2.68. The molecule has 0 aliphatic heterocycles. The van der Waals surface area contributed by atoms with Crippen LogP contribution in [0.2, 0.25) is 0 Å². The SMILES string of the molecule is COc1ccc(NC(C)=O)cc1NC(=O)c1cc(=O)[nH]cn1. The fraction of sp³-hybridized carbons (Fsp3) is 0.143. The van der Waals surface area contributed by atoms with Gasteiger partial charge in [0.1, 0.15) is 11.4 Å². The molecule has 1 aromatic heterocycles. The molecule has 0 atom stereocenters. The summed E-state index contributed by atoms with van der Waals surface area (Å²) >= 11 is 0. The fourth-order valence-electron chi connectivity index (χ4n) is 1.77. The highest BCUT2D eigenvalue weighted by Crippen LogP contribution is 2.28. The number of carbonyl (C=O) groups excluding carboxylic acids is 2. The first-order chi connectivity index (χ1) is 10.5. The average molecular weight is 302 g/mol. The Hall–Kier alpha value is -3.16. The third kappa shape index (κ3) is 3.69. The Morgan fingerprint density at radius 3 is 2.64 bits per heavy atom. The first-order valence-electron chi connectivity index (χ1n) is 6.31. The number of rotatable bonds is 4. The van der Waals surface area contributed by atoms with Crippen LogP contribution in [0.15, 0.2) is 35.4 Å². The van der Waals surface area contributed by atoms with E-state index in [9.17, 15) is 14.4 Å². The van der Waals surface area contributed by atoms with E-state index in [0.29, 0.717) is 17.1 Å². The van der Waals surface area contributed by atoms with Crippen LogP contribution < -0.4 is 20.9 Å². The number of carbonyl (C=O) groups is 2. The molecule has 8 heteroatoms. The highest BCUT2D eigenvalue weighted by Gasteiger charge is 2.12. The zero-order valence-corrected chi connectivity index (χ0v) is 12.0. The molecule has 1 aromatic carbocycles.